The second kappa shape index (κ2) is 5.71. The molecule has 1 heterocycles. The lowest BCUT2D eigenvalue weighted by atomic mass is 10.1. The average molecular weight is 243 g/mol. The van der Waals surface area contributed by atoms with E-state index in [0.717, 1.165) is 19.5 Å². The number of rotatable bonds is 5. The smallest absolute Gasteiger partial charge is 0.0542 e. The Hall–Kier alpha value is -1.77. The number of nitrogens with zero attached hydrogens (tertiary/aromatic N) is 2. The molecule has 0 aliphatic rings. The van der Waals surface area contributed by atoms with Crippen LogP contribution in [-0.2, 0) is 19.5 Å². The minimum Gasteiger partial charge on any atom is -0.381 e. The third kappa shape index (κ3) is 2.73. The van der Waals surface area contributed by atoms with E-state index in [1.54, 1.807) is 0 Å². The molecule has 0 aliphatic heterocycles. The van der Waals surface area contributed by atoms with Gasteiger partial charge < -0.3 is 5.32 Å². The summed E-state index contributed by atoms with van der Waals surface area (Å²) >= 11 is 0. The summed E-state index contributed by atoms with van der Waals surface area (Å²) in [6, 6.07) is 8.58. The Labute approximate surface area is 109 Å². The molecule has 0 saturated heterocycles. The Morgan fingerprint density at radius 3 is 2.78 bits per heavy atom. The van der Waals surface area contributed by atoms with Crippen LogP contribution in [0.5, 0.6) is 0 Å². The van der Waals surface area contributed by atoms with E-state index in [1.165, 1.54) is 22.5 Å². The highest BCUT2D eigenvalue weighted by Gasteiger charge is 2.04. The molecule has 1 aromatic carbocycles. The first-order valence-electron chi connectivity index (χ1n) is 6.58. The van der Waals surface area contributed by atoms with Crippen molar-refractivity contribution in [1.29, 1.82) is 0 Å². The van der Waals surface area contributed by atoms with Crippen molar-refractivity contribution in [2.45, 2.75) is 40.3 Å². The van der Waals surface area contributed by atoms with Gasteiger partial charge in [0.25, 0.3) is 0 Å². The zero-order valence-corrected chi connectivity index (χ0v) is 11.4. The van der Waals surface area contributed by atoms with Crippen molar-refractivity contribution in [3.8, 4) is 0 Å². The van der Waals surface area contributed by atoms with Crippen molar-refractivity contribution >= 4 is 5.69 Å². The van der Waals surface area contributed by atoms with Gasteiger partial charge in [0.2, 0.25) is 0 Å². The Balaban J connectivity index is 2.04. The maximum absolute atomic E-state index is 4.36. The number of aromatic nitrogens is 2. The molecule has 0 aliphatic carbocycles. The molecule has 1 aromatic heterocycles. The maximum atomic E-state index is 4.36. The molecule has 3 heteroatoms. The van der Waals surface area contributed by atoms with Crippen LogP contribution in [0.15, 0.2) is 30.5 Å². The molecule has 2 aromatic rings. The first-order valence-corrected chi connectivity index (χ1v) is 6.58. The van der Waals surface area contributed by atoms with Gasteiger partial charge in [-0.25, -0.2) is 0 Å². The van der Waals surface area contributed by atoms with E-state index in [4.69, 9.17) is 0 Å². The first kappa shape index (κ1) is 12.7. The van der Waals surface area contributed by atoms with E-state index in [-0.39, 0.29) is 0 Å². The van der Waals surface area contributed by atoms with Crippen LogP contribution < -0.4 is 5.32 Å². The Kier molecular flexibility index (Phi) is 4.03. The van der Waals surface area contributed by atoms with Crippen LogP contribution in [-0.4, -0.2) is 9.78 Å². The lowest BCUT2D eigenvalue weighted by molar-refractivity contribution is 0.638. The minimum absolute atomic E-state index is 0.832. The van der Waals surface area contributed by atoms with Crippen molar-refractivity contribution in [2.75, 3.05) is 5.32 Å². The summed E-state index contributed by atoms with van der Waals surface area (Å²) in [5.41, 5.74) is 5.05. The van der Waals surface area contributed by atoms with Gasteiger partial charge in [0.15, 0.2) is 0 Å². The van der Waals surface area contributed by atoms with Gasteiger partial charge in [0.05, 0.1) is 6.20 Å². The van der Waals surface area contributed by atoms with Crippen LogP contribution in [0.25, 0.3) is 0 Å². The largest absolute Gasteiger partial charge is 0.381 e. The fourth-order valence-electron chi connectivity index (χ4n) is 2.08. The molecule has 0 amide bonds. The van der Waals surface area contributed by atoms with E-state index in [2.05, 4.69) is 55.5 Å². The monoisotopic (exact) mass is 243 g/mol. The molecular formula is C15H21N3. The van der Waals surface area contributed by atoms with E-state index >= 15 is 0 Å². The van der Waals surface area contributed by atoms with E-state index < -0.39 is 0 Å². The van der Waals surface area contributed by atoms with Crippen molar-refractivity contribution < 1.29 is 0 Å². The molecule has 18 heavy (non-hydrogen) atoms. The summed E-state index contributed by atoms with van der Waals surface area (Å²) < 4.78 is 2.03. The fourth-order valence-corrected chi connectivity index (χ4v) is 2.08. The van der Waals surface area contributed by atoms with Crippen LogP contribution >= 0.6 is 0 Å². The summed E-state index contributed by atoms with van der Waals surface area (Å²) in [6.45, 7) is 8.17. The highest BCUT2D eigenvalue weighted by Crippen LogP contribution is 2.14. The Morgan fingerprint density at radius 1 is 1.28 bits per heavy atom. The number of benzene rings is 1. The predicted molar refractivity (Wildman–Crippen MR) is 75.8 cm³/mol. The summed E-state index contributed by atoms with van der Waals surface area (Å²) in [6.07, 6.45) is 3.03. The van der Waals surface area contributed by atoms with Crippen LogP contribution in [0.4, 0.5) is 5.69 Å². The molecule has 0 spiro atoms. The van der Waals surface area contributed by atoms with Crippen LogP contribution in [0, 0.1) is 6.92 Å². The summed E-state index contributed by atoms with van der Waals surface area (Å²) in [7, 11) is 0. The molecule has 1 N–H and O–H groups in total. The summed E-state index contributed by atoms with van der Waals surface area (Å²) in [5.74, 6) is 0. The van der Waals surface area contributed by atoms with Crippen molar-refractivity contribution in [2.24, 2.45) is 0 Å². The van der Waals surface area contributed by atoms with Gasteiger partial charge in [-0.05, 0) is 38.0 Å². The second-order valence-corrected chi connectivity index (χ2v) is 4.48. The summed E-state index contributed by atoms with van der Waals surface area (Å²) in [5, 5.41) is 7.82. The molecule has 0 atom stereocenters. The van der Waals surface area contributed by atoms with Crippen molar-refractivity contribution in [1.82, 2.24) is 9.78 Å². The highest BCUT2D eigenvalue weighted by molar-refractivity contribution is 5.46. The average Bonchev–Trinajstić information content (AvgIpc) is 2.77. The summed E-state index contributed by atoms with van der Waals surface area (Å²) in [4.78, 5) is 0. The van der Waals surface area contributed by atoms with Crippen LogP contribution in [0.3, 0.4) is 0 Å². The molecule has 0 saturated carbocycles. The molecule has 96 valence electrons. The highest BCUT2D eigenvalue weighted by atomic mass is 15.3. The first-order chi connectivity index (χ1) is 8.74. The lowest BCUT2D eigenvalue weighted by Crippen LogP contribution is -2.03. The van der Waals surface area contributed by atoms with Gasteiger partial charge >= 0.3 is 0 Å². The van der Waals surface area contributed by atoms with Gasteiger partial charge in [-0.1, -0.05) is 19.1 Å². The third-order valence-electron chi connectivity index (χ3n) is 3.32. The van der Waals surface area contributed by atoms with Gasteiger partial charge in [-0.3, -0.25) is 4.68 Å². The predicted octanol–water partition coefficient (Wildman–Crippen LogP) is 3.39. The molecule has 0 bridgehead atoms. The van der Waals surface area contributed by atoms with Crippen molar-refractivity contribution in [3.63, 3.8) is 0 Å². The van der Waals surface area contributed by atoms with Gasteiger partial charge in [0, 0.05) is 30.0 Å². The van der Waals surface area contributed by atoms with Crippen molar-refractivity contribution in [3.05, 3.63) is 47.3 Å². The molecular weight excluding hydrogens is 222 g/mol. The fraction of sp³-hybridized carbons (Fsp3) is 0.400. The van der Waals surface area contributed by atoms with E-state index in [1.807, 2.05) is 10.9 Å². The molecule has 0 fully saturated rings. The molecule has 0 unspecified atom stereocenters. The standard InChI is InChI=1S/C15H21N3/c1-4-13-7-6-8-15(9-13)16-10-14-11-17-18(5-2)12(14)3/h6-9,11,16H,4-5,10H2,1-3H3. The molecule has 0 radical (unpaired) electrons. The Bertz CT molecular complexity index is 514. The van der Waals surface area contributed by atoms with Gasteiger partial charge in [-0.2, -0.15) is 5.10 Å². The molecule has 2 rings (SSSR count). The second-order valence-electron chi connectivity index (χ2n) is 4.48. The lowest BCUT2D eigenvalue weighted by Gasteiger charge is -2.08. The maximum Gasteiger partial charge on any atom is 0.0542 e. The minimum atomic E-state index is 0.832. The zero-order chi connectivity index (χ0) is 13.0. The number of hydrogen-bond acceptors (Lipinski definition) is 2. The quantitative estimate of drug-likeness (QED) is 0.872. The number of nitrogens with one attached hydrogen (secondary N) is 1. The topological polar surface area (TPSA) is 29.9 Å². The molecule has 3 nitrogen and oxygen atoms in total. The van der Waals surface area contributed by atoms with E-state index in [9.17, 15) is 0 Å². The van der Waals surface area contributed by atoms with Crippen LogP contribution in [0.2, 0.25) is 0 Å². The SMILES string of the molecule is CCc1cccc(NCc2cnn(CC)c2C)c1. The number of hydrogen-bond donors (Lipinski definition) is 1. The third-order valence-corrected chi connectivity index (χ3v) is 3.32. The number of aryl methyl sites for hydroxylation is 2. The normalized spacial score (nSPS) is 10.6. The number of anilines is 1. The Morgan fingerprint density at radius 2 is 2.11 bits per heavy atom. The van der Waals surface area contributed by atoms with E-state index in [0.29, 0.717) is 0 Å². The van der Waals surface area contributed by atoms with Gasteiger partial charge in [0.1, 0.15) is 0 Å². The van der Waals surface area contributed by atoms with Crippen LogP contribution in [0.1, 0.15) is 30.7 Å². The zero-order valence-electron chi connectivity index (χ0n) is 11.4. The van der Waals surface area contributed by atoms with Gasteiger partial charge in [-0.15, -0.1) is 0 Å².